The largest absolute Gasteiger partial charge is 0.573 e. The Bertz CT molecular complexity index is 350. The van der Waals surface area contributed by atoms with Crippen LogP contribution in [-0.2, 0) is 0 Å². The number of benzene rings is 1. The Kier molecular flexibility index (Phi) is 2.89. The first-order valence-electron chi connectivity index (χ1n) is 3.24. The van der Waals surface area contributed by atoms with E-state index in [9.17, 15) is 17.6 Å². The van der Waals surface area contributed by atoms with E-state index in [4.69, 9.17) is 5.11 Å². The van der Waals surface area contributed by atoms with Crippen molar-refractivity contribution in [3.63, 3.8) is 0 Å². The number of hydrogen-bond acceptors (Lipinski definition) is 2. The molecule has 7 heteroatoms. The first-order valence-corrected chi connectivity index (χ1v) is 4.03. The number of hydrogen-bond donors (Lipinski definition) is 1. The van der Waals surface area contributed by atoms with Crippen molar-refractivity contribution in [3.05, 3.63) is 22.4 Å². The summed E-state index contributed by atoms with van der Waals surface area (Å²) in [7, 11) is 0. The quantitative estimate of drug-likeness (QED) is 0.797. The highest BCUT2D eigenvalue weighted by Gasteiger charge is 2.34. The molecule has 0 unspecified atom stereocenters. The summed E-state index contributed by atoms with van der Waals surface area (Å²) in [6, 6.07) is 1.95. The summed E-state index contributed by atoms with van der Waals surface area (Å²) in [4.78, 5) is 0. The maximum absolute atomic E-state index is 13.0. The molecule has 14 heavy (non-hydrogen) atoms. The fraction of sp³-hybridized carbons (Fsp3) is 0.143. The normalized spacial score (nSPS) is 11.5. The Morgan fingerprint density at radius 2 is 1.86 bits per heavy atom. The topological polar surface area (TPSA) is 29.5 Å². The molecular weight excluding hydrogens is 272 g/mol. The van der Waals surface area contributed by atoms with Crippen molar-refractivity contribution in [1.82, 2.24) is 0 Å². The third kappa shape index (κ3) is 2.50. The van der Waals surface area contributed by atoms with Gasteiger partial charge in [-0.25, -0.2) is 4.39 Å². The Hall–Kier alpha value is -0.980. The van der Waals surface area contributed by atoms with E-state index in [1.54, 1.807) is 0 Å². The lowest BCUT2D eigenvalue weighted by molar-refractivity contribution is -0.276. The van der Waals surface area contributed by atoms with Gasteiger partial charge in [-0.2, -0.15) is 0 Å². The van der Waals surface area contributed by atoms with E-state index in [1.165, 1.54) is 0 Å². The van der Waals surface area contributed by atoms with Crippen LogP contribution in [0.5, 0.6) is 11.5 Å². The van der Waals surface area contributed by atoms with E-state index >= 15 is 0 Å². The van der Waals surface area contributed by atoms with Gasteiger partial charge in [-0.05, 0) is 28.1 Å². The van der Waals surface area contributed by atoms with E-state index in [1.807, 2.05) is 0 Å². The minimum Gasteiger partial charge on any atom is -0.504 e. The third-order valence-electron chi connectivity index (χ3n) is 1.25. The first-order chi connectivity index (χ1) is 6.31. The number of alkyl halides is 3. The molecule has 0 saturated heterocycles. The Morgan fingerprint density at radius 3 is 2.36 bits per heavy atom. The van der Waals surface area contributed by atoms with Crippen molar-refractivity contribution in [1.29, 1.82) is 0 Å². The van der Waals surface area contributed by atoms with Crippen molar-refractivity contribution in [2.24, 2.45) is 0 Å². The smallest absolute Gasteiger partial charge is 0.504 e. The molecule has 1 aromatic rings. The summed E-state index contributed by atoms with van der Waals surface area (Å²) in [6.07, 6.45) is -5.04. The zero-order valence-electron chi connectivity index (χ0n) is 6.40. The minimum atomic E-state index is -5.04. The fourth-order valence-electron chi connectivity index (χ4n) is 0.735. The van der Waals surface area contributed by atoms with Gasteiger partial charge in [0.25, 0.3) is 0 Å². The molecule has 0 atom stereocenters. The molecule has 2 nitrogen and oxygen atoms in total. The van der Waals surface area contributed by atoms with Gasteiger partial charge in [0.15, 0.2) is 11.6 Å². The zero-order chi connectivity index (χ0) is 10.9. The van der Waals surface area contributed by atoms with Crippen LogP contribution in [0.1, 0.15) is 0 Å². The highest BCUT2D eigenvalue weighted by atomic mass is 79.9. The molecule has 0 heterocycles. The van der Waals surface area contributed by atoms with E-state index in [-0.39, 0.29) is 4.47 Å². The van der Waals surface area contributed by atoms with Gasteiger partial charge in [0.1, 0.15) is 0 Å². The van der Waals surface area contributed by atoms with Crippen molar-refractivity contribution in [2.45, 2.75) is 6.36 Å². The van der Waals surface area contributed by atoms with Crippen LogP contribution in [0, 0.1) is 5.82 Å². The monoisotopic (exact) mass is 274 g/mol. The van der Waals surface area contributed by atoms with Gasteiger partial charge >= 0.3 is 6.36 Å². The predicted octanol–water partition coefficient (Wildman–Crippen LogP) is 3.19. The average Bonchev–Trinajstić information content (AvgIpc) is 2.04. The van der Waals surface area contributed by atoms with Crippen LogP contribution in [0.25, 0.3) is 0 Å². The predicted molar refractivity (Wildman–Crippen MR) is 42.4 cm³/mol. The van der Waals surface area contributed by atoms with E-state index in [0.29, 0.717) is 0 Å². The molecular formula is C7H3BrF4O2. The van der Waals surface area contributed by atoms with Gasteiger partial charge in [-0.1, -0.05) is 0 Å². The highest BCUT2D eigenvalue weighted by Crippen LogP contribution is 2.37. The number of phenols is 1. The van der Waals surface area contributed by atoms with Gasteiger partial charge < -0.3 is 9.84 Å². The highest BCUT2D eigenvalue weighted by molar-refractivity contribution is 9.10. The van der Waals surface area contributed by atoms with Crippen LogP contribution in [0.3, 0.4) is 0 Å². The molecule has 1 aromatic carbocycles. The van der Waals surface area contributed by atoms with Crippen molar-refractivity contribution in [3.8, 4) is 11.5 Å². The van der Waals surface area contributed by atoms with Gasteiger partial charge in [0, 0.05) is 0 Å². The van der Waals surface area contributed by atoms with Crippen LogP contribution in [0.15, 0.2) is 16.6 Å². The molecule has 0 radical (unpaired) electrons. The molecule has 0 bridgehead atoms. The molecule has 78 valence electrons. The second-order valence-corrected chi connectivity index (χ2v) is 3.11. The Balaban J connectivity index is 3.13. The second-order valence-electron chi connectivity index (χ2n) is 2.26. The molecule has 0 aliphatic carbocycles. The molecule has 1 rings (SSSR count). The number of ether oxygens (including phenoxy) is 1. The fourth-order valence-corrected chi connectivity index (χ4v) is 1.05. The third-order valence-corrected chi connectivity index (χ3v) is 1.86. The molecule has 0 aliphatic rings. The minimum absolute atomic E-state index is 0.227. The van der Waals surface area contributed by atoms with Crippen LogP contribution in [0.2, 0.25) is 0 Å². The summed E-state index contributed by atoms with van der Waals surface area (Å²) in [5.74, 6) is -3.46. The number of rotatable bonds is 1. The molecule has 0 amide bonds. The van der Waals surface area contributed by atoms with Crippen LogP contribution in [0.4, 0.5) is 17.6 Å². The number of aromatic hydroxyl groups is 1. The van der Waals surface area contributed by atoms with Crippen LogP contribution >= 0.6 is 15.9 Å². The summed E-state index contributed by atoms with van der Waals surface area (Å²) in [5.41, 5.74) is 0. The Labute approximate surface area is 84.2 Å². The zero-order valence-corrected chi connectivity index (χ0v) is 7.99. The number of halogens is 5. The van der Waals surface area contributed by atoms with Crippen LogP contribution in [-0.4, -0.2) is 11.5 Å². The molecule has 0 aliphatic heterocycles. The SMILES string of the molecule is Oc1ccc(Br)c(F)c1OC(F)(F)F. The van der Waals surface area contributed by atoms with Crippen molar-refractivity contribution >= 4 is 15.9 Å². The molecule has 0 saturated carbocycles. The summed E-state index contributed by atoms with van der Waals surface area (Å²) in [6.45, 7) is 0. The molecule has 0 aromatic heterocycles. The van der Waals surface area contributed by atoms with E-state index in [0.717, 1.165) is 12.1 Å². The standard InChI is InChI=1S/C7H3BrF4O2/c8-3-1-2-4(13)6(5(3)9)14-7(10,11)12/h1-2,13H. The van der Waals surface area contributed by atoms with Crippen LogP contribution < -0.4 is 4.74 Å². The van der Waals surface area contributed by atoms with E-state index in [2.05, 4.69) is 20.7 Å². The molecule has 0 fully saturated rings. The van der Waals surface area contributed by atoms with Gasteiger partial charge in [-0.15, -0.1) is 13.2 Å². The van der Waals surface area contributed by atoms with Crippen molar-refractivity contribution in [2.75, 3.05) is 0 Å². The lowest BCUT2D eigenvalue weighted by atomic mass is 10.3. The summed E-state index contributed by atoms with van der Waals surface area (Å²) < 4.78 is 51.2. The van der Waals surface area contributed by atoms with Crippen molar-refractivity contribution < 1.29 is 27.4 Å². The van der Waals surface area contributed by atoms with Gasteiger partial charge in [0.2, 0.25) is 5.75 Å². The molecule has 1 N–H and O–H groups in total. The maximum Gasteiger partial charge on any atom is 0.573 e. The molecule has 0 spiro atoms. The summed E-state index contributed by atoms with van der Waals surface area (Å²) >= 11 is 2.65. The second kappa shape index (κ2) is 3.64. The van der Waals surface area contributed by atoms with Gasteiger partial charge in [0.05, 0.1) is 4.47 Å². The first kappa shape index (κ1) is 11.1. The lowest BCUT2D eigenvalue weighted by Gasteiger charge is -2.11. The summed E-state index contributed by atoms with van der Waals surface area (Å²) in [5, 5.41) is 8.89. The average molecular weight is 275 g/mol. The van der Waals surface area contributed by atoms with E-state index < -0.39 is 23.7 Å². The lowest BCUT2D eigenvalue weighted by Crippen LogP contribution is -2.18. The Morgan fingerprint density at radius 1 is 1.29 bits per heavy atom. The maximum atomic E-state index is 13.0. The number of phenolic OH excluding ortho intramolecular Hbond substituents is 1. The van der Waals surface area contributed by atoms with Gasteiger partial charge in [-0.3, -0.25) is 0 Å².